The minimum Gasteiger partial charge on any atom is -0.352 e. The second kappa shape index (κ2) is 10.0. The predicted octanol–water partition coefficient (Wildman–Crippen LogP) is 5.77. The molecule has 0 aromatic rings. The van der Waals surface area contributed by atoms with Gasteiger partial charge in [-0.05, 0) is 25.7 Å². The van der Waals surface area contributed by atoms with Crippen molar-refractivity contribution in [2.24, 2.45) is 5.92 Å². The molecule has 0 amide bonds. The molecule has 2 nitrogen and oxygen atoms in total. The van der Waals surface area contributed by atoms with E-state index < -0.39 is 10.7 Å². The number of alkyl halides is 1. The SMILES string of the molecule is CCCCCCCCC(Cl)(CC(C)C)C(C)(OC)OC. The number of halogens is 1. The van der Waals surface area contributed by atoms with Gasteiger partial charge in [0.2, 0.25) is 0 Å². The van der Waals surface area contributed by atoms with Gasteiger partial charge in [0.15, 0.2) is 5.79 Å². The third-order valence-corrected chi connectivity index (χ3v) is 4.94. The number of hydrogen-bond acceptors (Lipinski definition) is 2. The zero-order valence-corrected chi connectivity index (χ0v) is 15.2. The first-order chi connectivity index (χ1) is 9.35. The van der Waals surface area contributed by atoms with Crippen molar-refractivity contribution < 1.29 is 9.47 Å². The van der Waals surface area contributed by atoms with Crippen LogP contribution in [0, 0.1) is 5.92 Å². The number of methoxy groups -OCH3 is 2. The van der Waals surface area contributed by atoms with E-state index in [9.17, 15) is 0 Å². The van der Waals surface area contributed by atoms with E-state index in [1.807, 2.05) is 6.92 Å². The van der Waals surface area contributed by atoms with Gasteiger partial charge in [-0.2, -0.15) is 0 Å². The van der Waals surface area contributed by atoms with Gasteiger partial charge >= 0.3 is 0 Å². The van der Waals surface area contributed by atoms with Crippen molar-refractivity contribution in [1.29, 1.82) is 0 Å². The van der Waals surface area contributed by atoms with Crippen molar-refractivity contribution in [3.05, 3.63) is 0 Å². The van der Waals surface area contributed by atoms with Gasteiger partial charge < -0.3 is 9.47 Å². The average Bonchev–Trinajstić information content (AvgIpc) is 2.40. The molecule has 20 heavy (non-hydrogen) atoms. The molecule has 1 atom stereocenters. The van der Waals surface area contributed by atoms with Crippen LogP contribution in [-0.4, -0.2) is 24.9 Å². The zero-order valence-electron chi connectivity index (χ0n) is 14.4. The second-order valence-electron chi connectivity index (χ2n) is 6.43. The van der Waals surface area contributed by atoms with Crippen LogP contribution in [0.1, 0.15) is 79.1 Å². The molecule has 122 valence electrons. The average molecular weight is 307 g/mol. The Balaban J connectivity index is 4.48. The van der Waals surface area contributed by atoms with E-state index in [0.717, 1.165) is 19.3 Å². The molecule has 0 rings (SSSR count). The Kier molecular flexibility index (Phi) is 10.1. The fourth-order valence-electron chi connectivity index (χ4n) is 2.80. The van der Waals surface area contributed by atoms with Crippen LogP contribution >= 0.6 is 11.6 Å². The third kappa shape index (κ3) is 6.32. The van der Waals surface area contributed by atoms with Crippen LogP contribution < -0.4 is 0 Å². The maximum absolute atomic E-state index is 6.93. The first-order valence-corrected chi connectivity index (χ1v) is 8.52. The lowest BCUT2D eigenvalue weighted by Gasteiger charge is -2.43. The number of rotatable bonds is 12. The molecule has 0 saturated carbocycles. The topological polar surface area (TPSA) is 18.5 Å². The van der Waals surface area contributed by atoms with Crippen molar-refractivity contribution in [3.8, 4) is 0 Å². The summed E-state index contributed by atoms with van der Waals surface area (Å²) in [7, 11) is 3.37. The lowest BCUT2D eigenvalue weighted by Crippen LogP contribution is -2.51. The van der Waals surface area contributed by atoms with Crippen molar-refractivity contribution in [2.75, 3.05) is 14.2 Å². The monoisotopic (exact) mass is 306 g/mol. The van der Waals surface area contributed by atoms with Gasteiger partial charge in [0.25, 0.3) is 0 Å². The van der Waals surface area contributed by atoms with Crippen molar-refractivity contribution in [2.45, 2.75) is 89.7 Å². The van der Waals surface area contributed by atoms with E-state index in [0.29, 0.717) is 5.92 Å². The lowest BCUT2D eigenvalue weighted by atomic mass is 9.84. The molecule has 0 spiro atoms. The van der Waals surface area contributed by atoms with Crippen LogP contribution in [0.15, 0.2) is 0 Å². The van der Waals surface area contributed by atoms with Crippen molar-refractivity contribution in [3.63, 3.8) is 0 Å². The van der Waals surface area contributed by atoms with E-state index in [4.69, 9.17) is 21.1 Å². The smallest absolute Gasteiger partial charge is 0.183 e. The van der Waals surface area contributed by atoms with Crippen molar-refractivity contribution >= 4 is 11.6 Å². The molecule has 0 N–H and O–H groups in total. The Bertz CT molecular complexity index is 239. The van der Waals surface area contributed by atoms with Crippen LogP contribution in [0.5, 0.6) is 0 Å². The Hall–Kier alpha value is 0.210. The zero-order chi connectivity index (χ0) is 15.6. The molecule has 0 aromatic heterocycles. The van der Waals surface area contributed by atoms with Gasteiger partial charge in [0.1, 0.15) is 0 Å². The maximum atomic E-state index is 6.93. The Morgan fingerprint density at radius 1 is 0.950 bits per heavy atom. The fraction of sp³-hybridized carbons (Fsp3) is 1.00. The largest absolute Gasteiger partial charge is 0.352 e. The van der Waals surface area contributed by atoms with Crippen molar-refractivity contribution in [1.82, 2.24) is 0 Å². The van der Waals surface area contributed by atoms with Crippen LogP contribution in [-0.2, 0) is 9.47 Å². The highest BCUT2D eigenvalue weighted by Gasteiger charge is 2.47. The van der Waals surface area contributed by atoms with Crippen LogP contribution in [0.3, 0.4) is 0 Å². The van der Waals surface area contributed by atoms with Crippen LogP contribution in [0.25, 0.3) is 0 Å². The van der Waals surface area contributed by atoms with E-state index in [1.165, 1.54) is 32.1 Å². The van der Waals surface area contributed by atoms with E-state index in [1.54, 1.807) is 14.2 Å². The molecular weight excluding hydrogens is 272 g/mol. The predicted molar refractivity (Wildman–Crippen MR) is 88.5 cm³/mol. The Morgan fingerprint density at radius 2 is 1.45 bits per heavy atom. The molecule has 0 aromatic carbocycles. The summed E-state index contributed by atoms with van der Waals surface area (Å²) < 4.78 is 11.2. The van der Waals surface area contributed by atoms with Gasteiger partial charge in [-0.1, -0.05) is 59.3 Å². The summed E-state index contributed by atoms with van der Waals surface area (Å²) in [4.78, 5) is -0.449. The quantitative estimate of drug-likeness (QED) is 0.259. The molecule has 0 aliphatic carbocycles. The summed E-state index contributed by atoms with van der Waals surface area (Å²) >= 11 is 6.93. The van der Waals surface area contributed by atoms with Crippen LogP contribution in [0.2, 0.25) is 0 Å². The minimum atomic E-state index is -0.720. The molecule has 0 heterocycles. The molecule has 0 saturated heterocycles. The maximum Gasteiger partial charge on any atom is 0.183 e. The fourth-order valence-corrected chi connectivity index (χ4v) is 3.39. The Morgan fingerprint density at radius 3 is 1.90 bits per heavy atom. The normalized spacial score (nSPS) is 15.6. The number of hydrogen-bond donors (Lipinski definition) is 0. The summed E-state index contributed by atoms with van der Waals surface area (Å²) in [5.74, 6) is -0.195. The van der Waals surface area contributed by atoms with Gasteiger partial charge in [-0.25, -0.2) is 0 Å². The molecule has 0 fully saturated rings. The van der Waals surface area contributed by atoms with Gasteiger partial charge in [0, 0.05) is 14.2 Å². The third-order valence-electron chi connectivity index (χ3n) is 4.25. The second-order valence-corrected chi connectivity index (χ2v) is 7.16. The molecule has 0 aliphatic heterocycles. The van der Waals surface area contributed by atoms with Crippen LogP contribution in [0.4, 0.5) is 0 Å². The molecule has 0 bridgehead atoms. The molecule has 1 unspecified atom stereocenters. The first-order valence-electron chi connectivity index (χ1n) is 8.14. The minimum absolute atomic E-state index is 0.449. The molecule has 3 heteroatoms. The van der Waals surface area contributed by atoms with Gasteiger partial charge in [-0.15, -0.1) is 11.6 Å². The molecular formula is C17H35ClO2. The summed E-state index contributed by atoms with van der Waals surface area (Å²) in [5.41, 5.74) is 0. The highest BCUT2D eigenvalue weighted by molar-refractivity contribution is 6.24. The van der Waals surface area contributed by atoms with Gasteiger partial charge in [-0.3, -0.25) is 0 Å². The van der Waals surface area contributed by atoms with E-state index >= 15 is 0 Å². The highest BCUT2D eigenvalue weighted by atomic mass is 35.5. The Labute approximate surface area is 131 Å². The summed E-state index contributed by atoms with van der Waals surface area (Å²) in [6.07, 6.45) is 9.50. The summed E-state index contributed by atoms with van der Waals surface area (Å²) in [6.45, 7) is 8.60. The first kappa shape index (κ1) is 20.2. The van der Waals surface area contributed by atoms with E-state index in [2.05, 4.69) is 20.8 Å². The summed E-state index contributed by atoms with van der Waals surface area (Å²) in [5, 5.41) is 0. The number of ether oxygens (including phenoxy) is 2. The molecule has 0 aliphatic rings. The van der Waals surface area contributed by atoms with Gasteiger partial charge in [0.05, 0.1) is 4.87 Å². The number of unbranched alkanes of at least 4 members (excludes halogenated alkanes) is 5. The molecule has 0 radical (unpaired) electrons. The van der Waals surface area contributed by atoms with E-state index in [-0.39, 0.29) is 0 Å². The standard InChI is InChI=1S/C17H35ClO2/c1-7-8-9-10-11-12-13-17(18,14-15(2)3)16(4,19-5)20-6/h15H,7-14H2,1-6H3. The lowest BCUT2D eigenvalue weighted by molar-refractivity contribution is -0.221. The highest BCUT2D eigenvalue weighted by Crippen LogP contribution is 2.42. The summed E-state index contributed by atoms with van der Waals surface area (Å²) in [6, 6.07) is 0.